The van der Waals surface area contributed by atoms with Gasteiger partial charge in [0.1, 0.15) is 0 Å². The van der Waals surface area contributed by atoms with E-state index in [4.69, 9.17) is 4.74 Å². The number of phenols is 1. The van der Waals surface area contributed by atoms with Gasteiger partial charge in [-0.15, -0.1) is 0 Å². The van der Waals surface area contributed by atoms with Crippen molar-refractivity contribution in [3.63, 3.8) is 0 Å². The average Bonchev–Trinajstić information content (AvgIpc) is 2.53. The highest BCUT2D eigenvalue weighted by Crippen LogP contribution is 2.56. The quantitative estimate of drug-likeness (QED) is 0.896. The minimum atomic E-state index is 0.109. The first-order valence-electron chi connectivity index (χ1n) is 8.24. The van der Waals surface area contributed by atoms with Crippen molar-refractivity contribution < 1.29 is 9.84 Å². The van der Waals surface area contributed by atoms with Gasteiger partial charge in [0.05, 0.1) is 7.11 Å². The summed E-state index contributed by atoms with van der Waals surface area (Å²) in [5.41, 5.74) is 2.59. The van der Waals surface area contributed by atoms with E-state index in [1.54, 1.807) is 7.11 Å². The fraction of sp³-hybridized carbons (Fsp3) is 0.667. The van der Waals surface area contributed by atoms with E-state index in [1.807, 2.05) is 6.07 Å². The number of nitrogens with one attached hydrogen (secondary N) is 1. The van der Waals surface area contributed by atoms with Crippen LogP contribution in [0.4, 0.5) is 0 Å². The second kappa shape index (κ2) is 5.53. The Hall–Kier alpha value is -1.22. The lowest BCUT2D eigenvalue weighted by atomic mass is 9.54. The lowest BCUT2D eigenvalue weighted by molar-refractivity contribution is 0.117. The number of aromatic hydroxyl groups is 1. The molecule has 1 aromatic carbocycles. The first-order chi connectivity index (χ1) is 10.2. The summed E-state index contributed by atoms with van der Waals surface area (Å²) < 4.78 is 5.37. The van der Waals surface area contributed by atoms with Gasteiger partial charge < -0.3 is 15.2 Å². The van der Waals surface area contributed by atoms with Crippen LogP contribution in [-0.2, 0) is 11.8 Å². The molecule has 0 aromatic heterocycles. The van der Waals surface area contributed by atoms with Gasteiger partial charge in [0.25, 0.3) is 0 Å². The number of phenolic OH excluding ortho intramolecular Hbond substituents is 1. The fourth-order valence-corrected chi connectivity index (χ4v) is 4.97. The average molecular weight is 289 g/mol. The molecule has 116 valence electrons. The zero-order valence-corrected chi connectivity index (χ0v) is 13.4. The Morgan fingerprint density at radius 2 is 2.19 bits per heavy atom. The Bertz CT molecular complexity index is 528. The molecule has 1 saturated carbocycles. The van der Waals surface area contributed by atoms with Crippen LogP contribution in [0.15, 0.2) is 12.1 Å². The number of methoxy groups -OCH3 is 1. The highest BCUT2D eigenvalue weighted by molar-refractivity contribution is 5.55. The SMILES string of the molecule is CC[C@@]12CCCC[C@H]1[C@H](NC)Cc1ccc(OC)c(O)c12. The van der Waals surface area contributed by atoms with Gasteiger partial charge in [-0.25, -0.2) is 0 Å². The molecule has 3 heteroatoms. The predicted molar refractivity (Wildman–Crippen MR) is 85.1 cm³/mol. The second-order valence-electron chi connectivity index (χ2n) is 6.61. The fourth-order valence-electron chi connectivity index (χ4n) is 4.97. The molecule has 0 spiro atoms. The third-order valence-electron chi connectivity index (χ3n) is 5.97. The number of ether oxygens (including phenoxy) is 1. The molecule has 3 rings (SSSR count). The lowest BCUT2D eigenvalue weighted by Crippen LogP contribution is -2.53. The van der Waals surface area contributed by atoms with Crippen molar-refractivity contribution in [3.05, 3.63) is 23.3 Å². The van der Waals surface area contributed by atoms with Crippen molar-refractivity contribution in [2.75, 3.05) is 14.2 Å². The summed E-state index contributed by atoms with van der Waals surface area (Å²) in [6.07, 6.45) is 7.11. The van der Waals surface area contributed by atoms with Gasteiger partial charge in [-0.1, -0.05) is 25.8 Å². The lowest BCUT2D eigenvalue weighted by Gasteiger charge is -2.52. The highest BCUT2D eigenvalue weighted by atomic mass is 16.5. The smallest absolute Gasteiger partial charge is 0.161 e. The molecule has 0 amide bonds. The van der Waals surface area contributed by atoms with E-state index >= 15 is 0 Å². The van der Waals surface area contributed by atoms with E-state index in [9.17, 15) is 5.11 Å². The standard InChI is InChI=1S/C18H27NO2/c1-4-18-10-6-5-7-13(18)14(19-2)11-12-8-9-15(21-3)17(20)16(12)18/h8-9,13-14,19-20H,4-7,10-11H2,1-3H3/t13-,14+,18+/m0/s1. The Morgan fingerprint density at radius 1 is 1.38 bits per heavy atom. The molecule has 0 heterocycles. The molecule has 3 atom stereocenters. The topological polar surface area (TPSA) is 41.5 Å². The van der Waals surface area contributed by atoms with Crippen LogP contribution in [-0.4, -0.2) is 25.3 Å². The summed E-state index contributed by atoms with van der Waals surface area (Å²) in [5, 5.41) is 14.3. The van der Waals surface area contributed by atoms with Crippen LogP contribution in [0.25, 0.3) is 0 Å². The number of benzene rings is 1. The summed E-state index contributed by atoms with van der Waals surface area (Å²) in [6.45, 7) is 2.28. The number of likely N-dealkylation sites (N-methyl/N-ethyl adjacent to an activating group) is 1. The van der Waals surface area contributed by atoms with Crippen LogP contribution in [0.5, 0.6) is 11.5 Å². The number of hydrogen-bond donors (Lipinski definition) is 2. The van der Waals surface area contributed by atoms with Crippen molar-refractivity contribution in [2.24, 2.45) is 5.92 Å². The zero-order chi connectivity index (χ0) is 15.0. The van der Waals surface area contributed by atoms with Crippen LogP contribution >= 0.6 is 0 Å². The monoisotopic (exact) mass is 289 g/mol. The highest BCUT2D eigenvalue weighted by Gasteiger charge is 2.49. The molecule has 21 heavy (non-hydrogen) atoms. The van der Waals surface area contributed by atoms with E-state index in [0.717, 1.165) is 12.8 Å². The van der Waals surface area contributed by atoms with Crippen LogP contribution < -0.4 is 10.1 Å². The summed E-state index contributed by atoms with van der Waals surface area (Å²) in [4.78, 5) is 0. The van der Waals surface area contributed by atoms with Crippen molar-refractivity contribution >= 4 is 0 Å². The normalized spacial score (nSPS) is 31.4. The van der Waals surface area contributed by atoms with E-state index in [2.05, 4.69) is 25.4 Å². The number of hydrogen-bond acceptors (Lipinski definition) is 3. The van der Waals surface area contributed by atoms with Gasteiger partial charge >= 0.3 is 0 Å². The van der Waals surface area contributed by atoms with Gasteiger partial charge in [0.2, 0.25) is 0 Å². The maximum absolute atomic E-state index is 10.8. The number of fused-ring (bicyclic) bond motifs is 3. The van der Waals surface area contributed by atoms with Gasteiger partial charge in [0, 0.05) is 17.0 Å². The summed E-state index contributed by atoms with van der Waals surface area (Å²) in [5.74, 6) is 1.62. The molecule has 1 fully saturated rings. The Morgan fingerprint density at radius 3 is 2.86 bits per heavy atom. The minimum Gasteiger partial charge on any atom is -0.504 e. The van der Waals surface area contributed by atoms with Crippen molar-refractivity contribution in [3.8, 4) is 11.5 Å². The molecule has 0 radical (unpaired) electrons. The molecule has 2 N–H and O–H groups in total. The number of rotatable bonds is 3. The maximum atomic E-state index is 10.8. The minimum absolute atomic E-state index is 0.109. The summed E-state index contributed by atoms with van der Waals surface area (Å²) >= 11 is 0. The molecule has 2 aliphatic rings. The Labute approximate surface area is 127 Å². The first-order valence-corrected chi connectivity index (χ1v) is 8.24. The van der Waals surface area contributed by atoms with Crippen LogP contribution in [0.2, 0.25) is 0 Å². The van der Waals surface area contributed by atoms with E-state index < -0.39 is 0 Å². The summed E-state index contributed by atoms with van der Waals surface area (Å²) in [7, 11) is 3.71. The van der Waals surface area contributed by atoms with Crippen molar-refractivity contribution in [2.45, 2.75) is 56.9 Å². The second-order valence-corrected chi connectivity index (χ2v) is 6.61. The first kappa shape index (κ1) is 14.7. The molecule has 0 saturated heterocycles. The molecular formula is C18H27NO2. The van der Waals surface area contributed by atoms with Crippen LogP contribution in [0.1, 0.15) is 50.2 Å². The molecule has 0 bridgehead atoms. The maximum Gasteiger partial charge on any atom is 0.161 e. The molecule has 0 aliphatic heterocycles. The van der Waals surface area contributed by atoms with Gasteiger partial charge in [0.15, 0.2) is 11.5 Å². The van der Waals surface area contributed by atoms with Crippen LogP contribution in [0.3, 0.4) is 0 Å². The van der Waals surface area contributed by atoms with Gasteiger partial charge in [-0.2, -0.15) is 0 Å². The van der Waals surface area contributed by atoms with E-state index in [1.165, 1.54) is 36.8 Å². The van der Waals surface area contributed by atoms with Gasteiger partial charge in [-0.3, -0.25) is 0 Å². The molecule has 2 aliphatic carbocycles. The molecule has 3 nitrogen and oxygen atoms in total. The van der Waals surface area contributed by atoms with Crippen LogP contribution in [0, 0.1) is 5.92 Å². The predicted octanol–water partition coefficient (Wildman–Crippen LogP) is 3.38. The van der Waals surface area contributed by atoms with Crippen molar-refractivity contribution in [1.82, 2.24) is 5.32 Å². The Kier molecular flexibility index (Phi) is 3.87. The van der Waals surface area contributed by atoms with Gasteiger partial charge in [-0.05, 0) is 50.3 Å². The van der Waals surface area contributed by atoms with E-state index in [-0.39, 0.29) is 5.41 Å². The molecular weight excluding hydrogens is 262 g/mol. The molecule has 0 unspecified atom stereocenters. The largest absolute Gasteiger partial charge is 0.504 e. The molecule has 1 aromatic rings. The third-order valence-corrected chi connectivity index (χ3v) is 5.97. The zero-order valence-electron chi connectivity index (χ0n) is 13.4. The summed E-state index contributed by atoms with van der Waals surface area (Å²) in [6, 6.07) is 4.58. The third kappa shape index (κ3) is 2.05. The van der Waals surface area contributed by atoms with Crippen molar-refractivity contribution in [1.29, 1.82) is 0 Å². The Balaban J connectivity index is 2.20. The van der Waals surface area contributed by atoms with E-state index in [0.29, 0.717) is 23.5 Å².